The van der Waals surface area contributed by atoms with Gasteiger partial charge in [-0.2, -0.15) is 4.31 Å². The van der Waals surface area contributed by atoms with Crippen LogP contribution in [0.1, 0.15) is 32.3 Å². The number of nitrogens with zero attached hydrogens (tertiary/aromatic N) is 1. The van der Waals surface area contributed by atoms with Crippen molar-refractivity contribution in [2.24, 2.45) is 5.92 Å². The first kappa shape index (κ1) is 31.8. The van der Waals surface area contributed by atoms with Gasteiger partial charge in [-0.15, -0.1) is 0 Å². The zero-order valence-electron chi connectivity index (χ0n) is 23.7. The van der Waals surface area contributed by atoms with Gasteiger partial charge < -0.3 is 29.4 Å². The van der Waals surface area contributed by atoms with E-state index in [1.165, 1.54) is 23.5 Å². The van der Waals surface area contributed by atoms with Crippen LogP contribution in [0, 0.1) is 5.92 Å². The Morgan fingerprint density at radius 1 is 1.02 bits per heavy atom. The molecule has 10 nitrogen and oxygen atoms in total. The predicted octanol–water partition coefficient (Wildman–Crippen LogP) is 3.23. The van der Waals surface area contributed by atoms with E-state index in [9.17, 15) is 18.3 Å². The van der Waals surface area contributed by atoms with Crippen molar-refractivity contribution in [3.05, 3.63) is 60.2 Å². The minimum atomic E-state index is -3.94. The Labute approximate surface area is 237 Å². The maximum absolute atomic E-state index is 13.6. The molecule has 1 amide bonds. The fourth-order valence-corrected chi connectivity index (χ4v) is 6.17. The van der Waals surface area contributed by atoms with E-state index in [2.05, 4.69) is 5.32 Å². The lowest BCUT2D eigenvalue weighted by molar-refractivity contribution is -0.00120. The first-order valence-electron chi connectivity index (χ1n) is 13.6. The van der Waals surface area contributed by atoms with Crippen molar-refractivity contribution in [1.82, 2.24) is 9.62 Å². The zero-order valence-corrected chi connectivity index (χ0v) is 24.5. The number of hydrogen-bond acceptors (Lipinski definition) is 8. The molecule has 1 fully saturated rings. The third-order valence-corrected chi connectivity index (χ3v) is 8.59. The van der Waals surface area contributed by atoms with E-state index in [1.54, 1.807) is 19.2 Å². The van der Waals surface area contributed by atoms with E-state index in [0.717, 1.165) is 5.56 Å². The Balaban J connectivity index is 1.77. The summed E-state index contributed by atoms with van der Waals surface area (Å²) < 4.78 is 50.2. The Kier molecular flexibility index (Phi) is 12.2. The van der Waals surface area contributed by atoms with Gasteiger partial charge in [-0.05, 0) is 55.0 Å². The lowest BCUT2D eigenvalue weighted by Crippen LogP contribution is -2.51. The normalized spacial score (nSPS) is 19.6. The monoisotopic (exact) mass is 578 g/mol. The van der Waals surface area contributed by atoms with E-state index >= 15 is 0 Å². The summed E-state index contributed by atoms with van der Waals surface area (Å²) in [7, 11) is -0.811. The predicted molar refractivity (Wildman–Crippen MR) is 151 cm³/mol. The number of ether oxygens (including phenoxy) is 4. The lowest BCUT2D eigenvalue weighted by atomic mass is 10.0. The minimum Gasteiger partial charge on any atom is -0.497 e. The molecule has 1 aliphatic rings. The highest BCUT2D eigenvalue weighted by atomic mass is 32.2. The summed E-state index contributed by atoms with van der Waals surface area (Å²) in [6, 6.07) is 14.7. The number of sulfonamides is 1. The van der Waals surface area contributed by atoms with Gasteiger partial charge in [0.05, 0.1) is 43.5 Å². The van der Waals surface area contributed by atoms with Crippen LogP contribution in [0.5, 0.6) is 5.75 Å². The van der Waals surface area contributed by atoms with Crippen LogP contribution in [0.2, 0.25) is 0 Å². The molecule has 1 aliphatic heterocycles. The molecule has 0 spiro atoms. The van der Waals surface area contributed by atoms with Crippen LogP contribution >= 0.6 is 0 Å². The maximum atomic E-state index is 13.6. The van der Waals surface area contributed by atoms with Gasteiger partial charge in [0.25, 0.3) is 0 Å². The molecule has 4 atom stereocenters. The second-order valence-corrected chi connectivity index (χ2v) is 12.3. The number of aliphatic hydroxyl groups is 1. The van der Waals surface area contributed by atoms with Crippen LogP contribution < -0.4 is 10.1 Å². The molecular formula is C29H42N2O8S. The number of carbonyl (C=O) groups excluding carboxylic acids is 1. The van der Waals surface area contributed by atoms with E-state index in [4.69, 9.17) is 18.9 Å². The average molecular weight is 579 g/mol. The summed E-state index contributed by atoms with van der Waals surface area (Å²) in [5.41, 5.74) is 0.876. The molecule has 40 heavy (non-hydrogen) atoms. The van der Waals surface area contributed by atoms with Gasteiger partial charge in [-0.3, -0.25) is 0 Å². The zero-order chi connectivity index (χ0) is 29.1. The highest BCUT2D eigenvalue weighted by molar-refractivity contribution is 7.89. The first-order chi connectivity index (χ1) is 19.1. The Hall–Kier alpha value is -2.70. The number of amides is 1. The van der Waals surface area contributed by atoms with Crippen molar-refractivity contribution >= 4 is 16.1 Å². The first-order valence-corrected chi connectivity index (χ1v) is 15.0. The third-order valence-electron chi connectivity index (χ3n) is 6.75. The maximum Gasteiger partial charge on any atom is 0.407 e. The summed E-state index contributed by atoms with van der Waals surface area (Å²) in [5, 5.41) is 14.2. The van der Waals surface area contributed by atoms with E-state index in [0.29, 0.717) is 25.2 Å². The number of carbonyl (C=O) groups is 1. The molecule has 222 valence electrons. The summed E-state index contributed by atoms with van der Waals surface area (Å²) in [6.07, 6.45) is -0.868. The van der Waals surface area contributed by atoms with Gasteiger partial charge in [-0.1, -0.05) is 44.2 Å². The standard InChI is InChI=1S/C29H42N2O8S/c1-21(2)17-31(40(34,35)26-14-12-23(36-3)13-15-26)18-28(32)27(16-22-8-6-5-7-9-22)30-29(33)39-25-11-10-24(37-4)19-38-20-25/h5-9,12-15,21,24-25,27-28,32H,10-11,16-20H2,1-4H3,(H,30,33)/t24?,25?,27-,28+/m1/s1. The number of alkyl carbamates (subject to hydrolysis) is 1. The molecule has 0 radical (unpaired) electrons. The van der Waals surface area contributed by atoms with Gasteiger partial charge in [0.15, 0.2) is 0 Å². The average Bonchev–Trinajstić information content (AvgIpc) is 3.17. The number of methoxy groups -OCH3 is 2. The highest BCUT2D eigenvalue weighted by Crippen LogP contribution is 2.22. The topological polar surface area (TPSA) is 124 Å². The third kappa shape index (κ3) is 9.45. The van der Waals surface area contributed by atoms with Crippen LogP contribution in [0.25, 0.3) is 0 Å². The Morgan fingerprint density at radius 2 is 1.68 bits per heavy atom. The second-order valence-electron chi connectivity index (χ2n) is 10.4. The molecule has 3 rings (SSSR count). The molecule has 2 aromatic rings. The molecule has 0 aromatic heterocycles. The number of nitrogens with one attached hydrogen (secondary N) is 1. The second kappa shape index (κ2) is 15.3. The Morgan fingerprint density at radius 3 is 2.30 bits per heavy atom. The van der Waals surface area contributed by atoms with E-state index < -0.39 is 34.4 Å². The van der Waals surface area contributed by atoms with E-state index in [1.807, 2.05) is 44.2 Å². The molecule has 0 saturated carbocycles. The van der Waals surface area contributed by atoms with Gasteiger partial charge in [0, 0.05) is 20.2 Å². The number of aliphatic hydroxyl groups excluding tert-OH is 1. The van der Waals surface area contributed by atoms with Gasteiger partial charge in [0.2, 0.25) is 10.0 Å². The van der Waals surface area contributed by atoms with Crippen molar-refractivity contribution in [1.29, 1.82) is 0 Å². The highest BCUT2D eigenvalue weighted by Gasteiger charge is 2.32. The van der Waals surface area contributed by atoms with Crippen LogP contribution in [-0.4, -0.2) is 88.8 Å². The molecule has 0 bridgehead atoms. The van der Waals surface area contributed by atoms with Crippen molar-refractivity contribution in [2.75, 3.05) is 40.5 Å². The van der Waals surface area contributed by atoms with Crippen LogP contribution in [0.15, 0.2) is 59.5 Å². The van der Waals surface area contributed by atoms with Gasteiger partial charge >= 0.3 is 6.09 Å². The molecule has 1 saturated heterocycles. The van der Waals surface area contributed by atoms with Crippen LogP contribution in [0.4, 0.5) is 4.79 Å². The summed E-state index contributed by atoms with van der Waals surface area (Å²) in [6.45, 7) is 4.47. The quantitative estimate of drug-likeness (QED) is 0.371. The smallest absolute Gasteiger partial charge is 0.407 e. The van der Waals surface area contributed by atoms with Crippen molar-refractivity contribution < 1.29 is 37.3 Å². The molecule has 2 unspecified atom stereocenters. The van der Waals surface area contributed by atoms with Crippen molar-refractivity contribution in [3.63, 3.8) is 0 Å². The molecular weight excluding hydrogens is 536 g/mol. The molecule has 2 aromatic carbocycles. The van der Waals surface area contributed by atoms with Gasteiger partial charge in [0.1, 0.15) is 11.9 Å². The van der Waals surface area contributed by atoms with Crippen LogP contribution in [-0.2, 0) is 30.7 Å². The van der Waals surface area contributed by atoms with Gasteiger partial charge in [-0.25, -0.2) is 13.2 Å². The summed E-state index contributed by atoms with van der Waals surface area (Å²) in [4.78, 5) is 13.0. The summed E-state index contributed by atoms with van der Waals surface area (Å²) in [5.74, 6) is 0.536. The molecule has 0 aliphatic carbocycles. The molecule has 1 heterocycles. The SMILES string of the molecule is COc1ccc(S(=O)(=O)N(CC(C)C)C[C@H](O)[C@@H](Cc2ccccc2)NC(=O)OC2CCC(OC)COC2)cc1. The Bertz CT molecular complexity index is 1140. The minimum absolute atomic E-state index is 0.00289. The molecule has 2 N–H and O–H groups in total. The van der Waals surface area contributed by atoms with Crippen molar-refractivity contribution in [3.8, 4) is 5.75 Å². The fraction of sp³-hybridized carbons (Fsp3) is 0.552. The number of benzene rings is 2. The number of rotatable bonds is 13. The number of hydrogen-bond donors (Lipinski definition) is 2. The molecule has 11 heteroatoms. The fourth-order valence-electron chi connectivity index (χ4n) is 4.55. The largest absolute Gasteiger partial charge is 0.497 e. The van der Waals surface area contributed by atoms with Crippen LogP contribution in [0.3, 0.4) is 0 Å². The summed E-state index contributed by atoms with van der Waals surface area (Å²) >= 11 is 0. The van der Waals surface area contributed by atoms with E-state index in [-0.39, 0.29) is 43.0 Å². The lowest BCUT2D eigenvalue weighted by Gasteiger charge is -2.31. The van der Waals surface area contributed by atoms with Crippen molar-refractivity contribution in [2.45, 2.75) is 62.4 Å².